The molecule has 1 amide bonds. The Hall–Kier alpha value is -2.04. The molecule has 1 aromatic carbocycles. The Labute approximate surface area is 144 Å². The average molecular weight is 332 g/mol. The number of esters is 1. The maximum absolute atomic E-state index is 12.3. The molecule has 5 nitrogen and oxygen atoms in total. The molecule has 0 bridgehead atoms. The number of nitrogens with zero attached hydrogens (tertiary/aromatic N) is 1. The number of rotatable bonds is 4. The number of amides is 1. The molecule has 24 heavy (non-hydrogen) atoms. The summed E-state index contributed by atoms with van der Waals surface area (Å²) in [5, 5.41) is 2.98. The van der Waals surface area contributed by atoms with Crippen molar-refractivity contribution in [3.8, 4) is 0 Å². The van der Waals surface area contributed by atoms with Crippen molar-refractivity contribution in [2.24, 2.45) is 5.92 Å². The molecule has 1 aliphatic rings. The van der Waals surface area contributed by atoms with Crippen LogP contribution in [0.3, 0.4) is 0 Å². The summed E-state index contributed by atoms with van der Waals surface area (Å²) in [5.41, 5.74) is 1.35. The van der Waals surface area contributed by atoms with Crippen molar-refractivity contribution < 1.29 is 14.3 Å². The molecule has 1 fully saturated rings. The quantitative estimate of drug-likeness (QED) is 0.861. The van der Waals surface area contributed by atoms with Crippen LogP contribution in [0.2, 0.25) is 0 Å². The summed E-state index contributed by atoms with van der Waals surface area (Å²) in [6.45, 7) is 9.66. The Morgan fingerprint density at radius 1 is 1.33 bits per heavy atom. The summed E-state index contributed by atoms with van der Waals surface area (Å²) in [5.74, 6) is -0.294. The Balaban J connectivity index is 2.10. The molecule has 1 aliphatic heterocycles. The second-order valence-electron chi connectivity index (χ2n) is 7.29. The lowest BCUT2D eigenvalue weighted by atomic mass is 9.97. The highest BCUT2D eigenvalue weighted by molar-refractivity contribution is 5.95. The first-order valence-corrected chi connectivity index (χ1v) is 8.64. The first kappa shape index (κ1) is 18.3. The van der Waals surface area contributed by atoms with E-state index in [4.69, 9.17) is 4.74 Å². The van der Waals surface area contributed by atoms with Gasteiger partial charge in [-0.1, -0.05) is 6.07 Å². The van der Waals surface area contributed by atoms with Gasteiger partial charge in [-0.3, -0.25) is 9.59 Å². The van der Waals surface area contributed by atoms with Crippen LogP contribution in [0.1, 0.15) is 50.9 Å². The molecule has 1 aromatic rings. The van der Waals surface area contributed by atoms with Gasteiger partial charge in [-0.2, -0.15) is 0 Å². The molecular formula is C19H28N2O3. The largest absolute Gasteiger partial charge is 0.466 e. The fourth-order valence-electron chi connectivity index (χ4n) is 2.92. The number of nitrogens with one attached hydrogen (secondary N) is 1. The van der Waals surface area contributed by atoms with E-state index in [9.17, 15) is 9.59 Å². The van der Waals surface area contributed by atoms with Gasteiger partial charge < -0.3 is 15.0 Å². The first-order chi connectivity index (χ1) is 11.3. The maximum Gasteiger partial charge on any atom is 0.310 e. The fourth-order valence-corrected chi connectivity index (χ4v) is 2.92. The third-order valence-electron chi connectivity index (χ3n) is 4.00. The van der Waals surface area contributed by atoms with E-state index in [1.807, 2.05) is 52.0 Å². The van der Waals surface area contributed by atoms with Gasteiger partial charge in [0.25, 0.3) is 5.91 Å². The smallest absolute Gasteiger partial charge is 0.310 e. The van der Waals surface area contributed by atoms with E-state index in [-0.39, 0.29) is 23.3 Å². The number of hydrogen-bond acceptors (Lipinski definition) is 4. The van der Waals surface area contributed by atoms with Crippen LogP contribution < -0.4 is 10.2 Å². The van der Waals surface area contributed by atoms with E-state index in [1.54, 1.807) is 0 Å². The van der Waals surface area contributed by atoms with Crippen LogP contribution in [0.15, 0.2) is 24.3 Å². The van der Waals surface area contributed by atoms with Gasteiger partial charge in [-0.15, -0.1) is 0 Å². The lowest BCUT2D eigenvalue weighted by molar-refractivity contribution is -0.148. The predicted octanol–water partition coefficient (Wildman–Crippen LogP) is 2.99. The van der Waals surface area contributed by atoms with E-state index in [1.165, 1.54) is 0 Å². The molecule has 0 spiro atoms. The van der Waals surface area contributed by atoms with Gasteiger partial charge in [0.1, 0.15) is 0 Å². The van der Waals surface area contributed by atoms with Crippen LogP contribution in [0.4, 0.5) is 5.69 Å². The van der Waals surface area contributed by atoms with Crippen molar-refractivity contribution in [2.45, 2.75) is 46.1 Å². The Kier molecular flexibility index (Phi) is 5.86. The van der Waals surface area contributed by atoms with Crippen molar-refractivity contribution in [1.82, 2.24) is 5.32 Å². The number of carbonyl (C=O) groups excluding carboxylic acids is 2. The molecule has 0 radical (unpaired) electrons. The van der Waals surface area contributed by atoms with Gasteiger partial charge in [-0.25, -0.2) is 0 Å². The highest BCUT2D eigenvalue weighted by atomic mass is 16.5. The van der Waals surface area contributed by atoms with E-state index in [0.717, 1.165) is 25.1 Å². The summed E-state index contributed by atoms with van der Waals surface area (Å²) >= 11 is 0. The van der Waals surface area contributed by atoms with Crippen LogP contribution in [0, 0.1) is 5.92 Å². The number of benzene rings is 1. The Bertz CT molecular complexity index is 593. The SMILES string of the molecule is CCOC(=O)C1CCCN(c2cccc(C(=O)NC(C)(C)C)c2)C1. The molecule has 5 heteroatoms. The zero-order valence-electron chi connectivity index (χ0n) is 15.1. The third kappa shape index (κ3) is 4.98. The minimum atomic E-state index is -0.271. The Morgan fingerprint density at radius 2 is 2.08 bits per heavy atom. The maximum atomic E-state index is 12.3. The van der Waals surface area contributed by atoms with E-state index < -0.39 is 0 Å². The van der Waals surface area contributed by atoms with Crippen molar-refractivity contribution >= 4 is 17.6 Å². The molecule has 2 rings (SSSR count). The van der Waals surface area contributed by atoms with Gasteiger partial charge in [-0.05, 0) is 58.7 Å². The van der Waals surface area contributed by atoms with E-state index in [0.29, 0.717) is 18.7 Å². The zero-order chi connectivity index (χ0) is 17.7. The average Bonchev–Trinajstić information content (AvgIpc) is 2.54. The van der Waals surface area contributed by atoms with Crippen LogP contribution in [0.5, 0.6) is 0 Å². The van der Waals surface area contributed by atoms with Gasteiger partial charge >= 0.3 is 5.97 Å². The molecule has 1 unspecified atom stereocenters. The zero-order valence-corrected chi connectivity index (χ0v) is 15.1. The molecular weight excluding hydrogens is 304 g/mol. The van der Waals surface area contributed by atoms with E-state index in [2.05, 4.69) is 10.2 Å². The minimum Gasteiger partial charge on any atom is -0.466 e. The number of anilines is 1. The molecule has 0 saturated carbocycles. The second-order valence-corrected chi connectivity index (χ2v) is 7.29. The summed E-state index contributed by atoms with van der Waals surface area (Å²) in [6.07, 6.45) is 1.81. The monoisotopic (exact) mass is 332 g/mol. The molecule has 1 N–H and O–H groups in total. The highest BCUT2D eigenvalue weighted by Crippen LogP contribution is 2.25. The number of ether oxygens (including phenoxy) is 1. The second kappa shape index (κ2) is 7.69. The van der Waals surface area contributed by atoms with Crippen molar-refractivity contribution in [3.05, 3.63) is 29.8 Å². The van der Waals surface area contributed by atoms with Crippen molar-refractivity contribution in [2.75, 3.05) is 24.6 Å². The molecule has 1 saturated heterocycles. The molecule has 132 valence electrons. The highest BCUT2D eigenvalue weighted by Gasteiger charge is 2.27. The molecule has 0 aromatic heterocycles. The third-order valence-corrected chi connectivity index (χ3v) is 4.00. The lowest BCUT2D eigenvalue weighted by Crippen LogP contribution is -2.41. The fraction of sp³-hybridized carbons (Fsp3) is 0.579. The minimum absolute atomic E-state index is 0.0803. The van der Waals surface area contributed by atoms with Gasteiger partial charge in [0.2, 0.25) is 0 Å². The number of hydrogen-bond donors (Lipinski definition) is 1. The predicted molar refractivity (Wildman–Crippen MR) is 95.2 cm³/mol. The van der Waals surface area contributed by atoms with Crippen molar-refractivity contribution in [1.29, 1.82) is 0 Å². The number of carbonyl (C=O) groups is 2. The number of piperidine rings is 1. The molecule has 0 aliphatic carbocycles. The van der Waals surface area contributed by atoms with Gasteiger partial charge in [0.05, 0.1) is 12.5 Å². The summed E-state index contributed by atoms with van der Waals surface area (Å²) < 4.78 is 5.15. The topological polar surface area (TPSA) is 58.6 Å². The Morgan fingerprint density at radius 3 is 2.75 bits per heavy atom. The standard InChI is InChI=1S/C19H28N2O3/c1-5-24-18(23)15-9-7-11-21(13-15)16-10-6-8-14(12-16)17(22)20-19(2,3)4/h6,8,10,12,15H,5,7,9,11,13H2,1-4H3,(H,20,22). The molecule has 1 heterocycles. The molecule has 1 atom stereocenters. The van der Waals surface area contributed by atoms with Crippen LogP contribution in [-0.2, 0) is 9.53 Å². The summed E-state index contributed by atoms with van der Waals surface area (Å²) in [4.78, 5) is 26.5. The normalized spacial score (nSPS) is 18.2. The van der Waals surface area contributed by atoms with Gasteiger partial charge in [0, 0.05) is 29.9 Å². The van der Waals surface area contributed by atoms with Gasteiger partial charge in [0.15, 0.2) is 0 Å². The van der Waals surface area contributed by atoms with Crippen LogP contribution >= 0.6 is 0 Å². The van der Waals surface area contributed by atoms with Crippen LogP contribution in [0.25, 0.3) is 0 Å². The summed E-state index contributed by atoms with van der Waals surface area (Å²) in [7, 11) is 0. The van der Waals surface area contributed by atoms with E-state index >= 15 is 0 Å². The summed E-state index contributed by atoms with van der Waals surface area (Å²) in [6, 6.07) is 7.59. The first-order valence-electron chi connectivity index (χ1n) is 8.64. The van der Waals surface area contributed by atoms with Crippen LogP contribution in [-0.4, -0.2) is 37.1 Å². The van der Waals surface area contributed by atoms with Crippen molar-refractivity contribution in [3.63, 3.8) is 0 Å². The lowest BCUT2D eigenvalue weighted by Gasteiger charge is -2.33.